The Labute approximate surface area is 122 Å². The number of thiophene rings is 1. The van der Waals surface area contributed by atoms with E-state index in [0.717, 1.165) is 9.50 Å². The first kappa shape index (κ1) is 13.4. The van der Waals surface area contributed by atoms with Gasteiger partial charge in [0.25, 0.3) is 0 Å². The summed E-state index contributed by atoms with van der Waals surface area (Å²) in [6, 6.07) is 5.76. The number of aromatic nitrogens is 1. The van der Waals surface area contributed by atoms with Crippen LogP contribution in [0.25, 0.3) is 0 Å². The van der Waals surface area contributed by atoms with E-state index >= 15 is 0 Å². The highest BCUT2D eigenvalue weighted by atomic mass is 79.9. The van der Waals surface area contributed by atoms with E-state index in [0.29, 0.717) is 11.6 Å². The second kappa shape index (κ2) is 6.20. The Morgan fingerprint density at radius 1 is 1.59 bits per heavy atom. The largest absolute Gasteiger partial charge is 0.329 e. The molecular weight excluding hydrogens is 340 g/mol. The molecule has 6 heteroatoms. The van der Waals surface area contributed by atoms with E-state index in [9.17, 15) is 0 Å². The zero-order valence-electron chi connectivity index (χ0n) is 8.77. The van der Waals surface area contributed by atoms with Crippen molar-refractivity contribution in [3.05, 3.63) is 44.1 Å². The highest BCUT2D eigenvalue weighted by molar-refractivity contribution is 9.10. The fourth-order valence-electron chi connectivity index (χ4n) is 1.31. The van der Waals surface area contributed by atoms with Crippen molar-refractivity contribution in [2.75, 3.05) is 6.54 Å². The SMILES string of the molecule is NCC(Sc1ncccc1Cl)c1cc(Br)cs1. The van der Waals surface area contributed by atoms with Gasteiger partial charge in [-0.2, -0.15) is 0 Å². The number of rotatable bonds is 4. The lowest BCUT2D eigenvalue weighted by atomic mass is 10.3. The maximum atomic E-state index is 6.09. The van der Waals surface area contributed by atoms with Crippen molar-refractivity contribution >= 4 is 50.6 Å². The van der Waals surface area contributed by atoms with Crippen molar-refractivity contribution in [3.63, 3.8) is 0 Å². The molecule has 1 atom stereocenters. The molecule has 0 aromatic carbocycles. The number of nitrogens with two attached hydrogens (primary N) is 1. The van der Waals surface area contributed by atoms with Crippen molar-refractivity contribution in [2.45, 2.75) is 10.3 Å². The topological polar surface area (TPSA) is 38.9 Å². The van der Waals surface area contributed by atoms with Crippen LogP contribution in [0.3, 0.4) is 0 Å². The number of thioether (sulfide) groups is 1. The second-order valence-electron chi connectivity index (χ2n) is 3.30. The van der Waals surface area contributed by atoms with Crippen LogP contribution in [0.5, 0.6) is 0 Å². The van der Waals surface area contributed by atoms with Gasteiger partial charge in [-0.05, 0) is 34.1 Å². The van der Waals surface area contributed by atoms with Crippen LogP contribution in [-0.4, -0.2) is 11.5 Å². The van der Waals surface area contributed by atoms with Gasteiger partial charge in [0.2, 0.25) is 0 Å². The maximum absolute atomic E-state index is 6.09. The normalized spacial score (nSPS) is 12.6. The lowest BCUT2D eigenvalue weighted by Gasteiger charge is -2.12. The quantitative estimate of drug-likeness (QED) is 0.834. The summed E-state index contributed by atoms with van der Waals surface area (Å²) >= 11 is 12.8. The molecule has 1 unspecified atom stereocenters. The van der Waals surface area contributed by atoms with Crippen molar-refractivity contribution in [2.24, 2.45) is 5.73 Å². The fourth-order valence-corrected chi connectivity index (χ4v) is 4.17. The van der Waals surface area contributed by atoms with Crippen molar-refractivity contribution < 1.29 is 0 Å². The molecule has 2 nitrogen and oxygen atoms in total. The summed E-state index contributed by atoms with van der Waals surface area (Å²) < 4.78 is 1.09. The third-order valence-electron chi connectivity index (χ3n) is 2.10. The molecule has 0 fully saturated rings. The molecular formula is C11H10BrClN2S2. The van der Waals surface area contributed by atoms with E-state index in [1.54, 1.807) is 29.3 Å². The second-order valence-corrected chi connectivity index (χ2v) is 6.76. The highest BCUT2D eigenvalue weighted by Crippen LogP contribution is 2.39. The van der Waals surface area contributed by atoms with Gasteiger partial charge >= 0.3 is 0 Å². The van der Waals surface area contributed by atoms with Crippen molar-refractivity contribution in [1.29, 1.82) is 0 Å². The van der Waals surface area contributed by atoms with Gasteiger partial charge in [0, 0.05) is 27.5 Å². The molecule has 0 aliphatic carbocycles. The molecule has 0 aliphatic rings. The summed E-state index contributed by atoms with van der Waals surface area (Å²) in [6.07, 6.45) is 1.74. The zero-order chi connectivity index (χ0) is 12.3. The Hall–Kier alpha value is -0.0700. The van der Waals surface area contributed by atoms with E-state index in [-0.39, 0.29) is 5.25 Å². The highest BCUT2D eigenvalue weighted by Gasteiger charge is 2.15. The van der Waals surface area contributed by atoms with Crippen LogP contribution in [0.2, 0.25) is 5.02 Å². The van der Waals surface area contributed by atoms with E-state index < -0.39 is 0 Å². The lowest BCUT2D eigenvalue weighted by molar-refractivity contribution is 0.953. The molecule has 0 bridgehead atoms. The van der Waals surface area contributed by atoms with Gasteiger partial charge in [0.15, 0.2) is 0 Å². The molecule has 0 aliphatic heterocycles. The monoisotopic (exact) mass is 348 g/mol. The minimum atomic E-state index is 0.193. The average molecular weight is 350 g/mol. The Morgan fingerprint density at radius 2 is 2.41 bits per heavy atom. The minimum absolute atomic E-state index is 0.193. The Kier molecular flexibility index (Phi) is 4.87. The molecule has 90 valence electrons. The van der Waals surface area contributed by atoms with Crippen LogP contribution >= 0.6 is 50.6 Å². The Morgan fingerprint density at radius 3 is 3.00 bits per heavy atom. The molecule has 0 saturated heterocycles. The molecule has 0 saturated carbocycles. The van der Waals surface area contributed by atoms with Gasteiger partial charge in [-0.15, -0.1) is 11.3 Å². The number of nitrogens with zero attached hydrogens (tertiary/aromatic N) is 1. The van der Waals surface area contributed by atoms with Gasteiger partial charge in [-0.3, -0.25) is 0 Å². The first-order valence-corrected chi connectivity index (χ1v) is 7.85. The smallest absolute Gasteiger partial charge is 0.115 e. The van der Waals surface area contributed by atoms with Crippen LogP contribution in [0.4, 0.5) is 0 Å². The predicted molar refractivity (Wildman–Crippen MR) is 78.9 cm³/mol. The first-order chi connectivity index (χ1) is 8.20. The van der Waals surface area contributed by atoms with Crippen LogP contribution in [-0.2, 0) is 0 Å². The molecule has 2 N–H and O–H groups in total. The maximum Gasteiger partial charge on any atom is 0.115 e. The average Bonchev–Trinajstić information content (AvgIpc) is 2.75. The third-order valence-corrected chi connectivity index (χ3v) is 5.75. The van der Waals surface area contributed by atoms with E-state index in [4.69, 9.17) is 17.3 Å². The number of hydrogen-bond donors (Lipinski definition) is 1. The lowest BCUT2D eigenvalue weighted by Crippen LogP contribution is -2.08. The summed E-state index contributed by atoms with van der Waals surface area (Å²) in [5.41, 5.74) is 5.81. The van der Waals surface area contributed by atoms with Gasteiger partial charge in [-0.25, -0.2) is 4.98 Å². The Balaban J connectivity index is 2.18. The minimum Gasteiger partial charge on any atom is -0.329 e. The molecule has 2 heterocycles. The fraction of sp³-hybridized carbons (Fsp3) is 0.182. The third kappa shape index (κ3) is 3.45. The molecule has 0 spiro atoms. The molecule has 17 heavy (non-hydrogen) atoms. The van der Waals surface area contributed by atoms with Crippen molar-refractivity contribution in [1.82, 2.24) is 4.98 Å². The van der Waals surface area contributed by atoms with Gasteiger partial charge < -0.3 is 5.73 Å². The van der Waals surface area contributed by atoms with E-state index in [1.807, 2.05) is 12.1 Å². The van der Waals surface area contributed by atoms with Gasteiger partial charge in [-0.1, -0.05) is 23.4 Å². The molecule has 0 amide bonds. The van der Waals surface area contributed by atoms with Crippen molar-refractivity contribution in [3.8, 4) is 0 Å². The van der Waals surface area contributed by atoms with Crippen LogP contribution < -0.4 is 5.73 Å². The summed E-state index contributed by atoms with van der Waals surface area (Å²) in [5, 5.41) is 3.75. The van der Waals surface area contributed by atoms with Gasteiger partial charge in [0.1, 0.15) is 5.03 Å². The van der Waals surface area contributed by atoms with E-state index in [2.05, 4.69) is 32.4 Å². The standard InChI is InChI=1S/C11H10BrClN2S2/c12-7-4-9(16-6-7)10(5-14)17-11-8(13)2-1-3-15-11/h1-4,6,10H,5,14H2. The van der Waals surface area contributed by atoms with E-state index in [1.165, 1.54) is 4.88 Å². The van der Waals surface area contributed by atoms with Gasteiger partial charge in [0.05, 0.1) is 10.3 Å². The number of halogens is 2. The Bertz CT molecular complexity index is 504. The predicted octanol–water partition coefficient (Wildman–Crippen LogP) is 4.35. The summed E-state index contributed by atoms with van der Waals surface area (Å²) in [6.45, 7) is 0.560. The molecule has 0 radical (unpaired) electrons. The van der Waals surface area contributed by atoms with Crippen LogP contribution in [0.15, 0.2) is 39.3 Å². The summed E-state index contributed by atoms with van der Waals surface area (Å²) in [7, 11) is 0. The van der Waals surface area contributed by atoms with Crippen LogP contribution in [0, 0.1) is 0 Å². The number of hydrogen-bond acceptors (Lipinski definition) is 4. The number of pyridine rings is 1. The molecule has 2 rings (SSSR count). The summed E-state index contributed by atoms with van der Waals surface area (Å²) in [4.78, 5) is 5.49. The molecule has 2 aromatic heterocycles. The van der Waals surface area contributed by atoms with Crippen LogP contribution in [0.1, 0.15) is 10.1 Å². The zero-order valence-corrected chi connectivity index (χ0v) is 12.7. The summed E-state index contributed by atoms with van der Waals surface area (Å²) in [5.74, 6) is 0. The molecule has 2 aromatic rings. The first-order valence-electron chi connectivity index (χ1n) is 4.92.